The van der Waals surface area contributed by atoms with Crippen LogP contribution in [0.3, 0.4) is 0 Å². The number of hydrogen-bond donors (Lipinski definition) is 0. The van der Waals surface area contributed by atoms with Crippen LogP contribution in [-0.2, 0) is 27.7 Å². The molecule has 0 N–H and O–H groups in total. The van der Waals surface area contributed by atoms with Crippen LogP contribution in [-0.4, -0.2) is 43.8 Å². The van der Waals surface area contributed by atoms with Gasteiger partial charge < -0.3 is 4.57 Å². The molecule has 164 valence electrons. The minimum absolute atomic E-state index is 0.218. The monoisotopic (exact) mass is 458 g/mol. The molecule has 0 aliphatic heterocycles. The van der Waals surface area contributed by atoms with Crippen LogP contribution in [0.15, 0.2) is 28.0 Å². The van der Waals surface area contributed by atoms with Crippen molar-refractivity contribution in [2.24, 2.45) is 7.05 Å². The van der Waals surface area contributed by atoms with Gasteiger partial charge in [0.15, 0.2) is 15.7 Å². The summed E-state index contributed by atoms with van der Waals surface area (Å²) < 4.78 is 40.9. The molecule has 1 aromatic carbocycles. The standard InChI is InChI=1S/C22H26N4O3S2/c1-8-30(27)21-19(24-26-15(5)13(3)12(2)14(4)20(21)26)22-23-17-11-16(31(7,28)29)9-10-18(17)25(22)6/h9-11H,8H2,1-7H3. The van der Waals surface area contributed by atoms with E-state index in [-0.39, 0.29) is 4.90 Å². The Labute approximate surface area is 184 Å². The van der Waals surface area contributed by atoms with Gasteiger partial charge in [0.1, 0.15) is 5.69 Å². The van der Waals surface area contributed by atoms with Gasteiger partial charge in [-0.25, -0.2) is 17.9 Å². The van der Waals surface area contributed by atoms with Gasteiger partial charge in [-0.3, -0.25) is 4.21 Å². The molecule has 7 nitrogen and oxygen atoms in total. The molecule has 9 heteroatoms. The molecule has 0 aliphatic rings. The summed E-state index contributed by atoms with van der Waals surface area (Å²) in [6.45, 7) is 10.1. The lowest BCUT2D eigenvalue weighted by Crippen LogP contribution is -2.03. The van der Waals surface area contributed by atoms with Gasteiger partial charge in [-0.15, -0.1) is 0 Å². The molecule has 1 atom stereocenters. The molecular formula is C22H26N4O3S2. The molecule has 0 radical (unpaired) electrons. The number of aryl methyl sites for hydroxylation is 3. The van der Waals surface area contributed by atoms with E-state index in [9.17, 15) is 12.6 Å². The van der Waals surface area contributed by atoms with Crippen molar-refractivity contribution >= 4 is 37.2 Å². The Balaban J connectivity index is 2.12. The molecule has 4 rings (SSSR count). The molecule has 0 saturated carbocycles. The number of nitrogens with zero attached hydrogens (tertiary/aromatic N) is 4. The van der Waals surface area contributed by atoms with Crippen molar-refractivity contribution in [2.45, 2.75) is 44.4 Å². The maximum Gasteiger partial charge on any atom is 0.175 e. The highest BCUT2D eigenvalue weighted by atomic mass is 32.2. The predicted octanol–water partition coefficient (Wildman–Crippen LogP) is 3.65. The second-order valence-electron chi connectivity index (χ2n) is 7.95. The van der Waals surface area contributed by atoms with Gasteiger partial charge in [-0.1, -0.05) is 6.92 Å². The summed E-state index contributed by atoms with van der Waals surface area (Å²) in [5.41, 5.74) is 7.13. The Morgan fingerprint density at radius 1 is 1.06 bits per heavy atom. The molecular weight excluding hydrogens is 432 g/mol. The van der Waals surface area contributed by atoms with Gasteiger partial charge in [0, 0.05) is 24.8 Å². The van der Waals surface area contributed by atoms with E-state index in [1.807, 2.05) is 36.9 Å². The Kier molecular flexibility index (Phi) is 5.09. The first-order valence-electron chi connectivity index (χ1n) is 10.0. The molecule has 0 amide bonds. The molecule has 0 spiro atoms. The predicted molar refractivity (Wildman–Crippen MR) is 124 cm³/mol. The molecule has 3 aromatic heterocycles. The minimum Gasteiger partial charge on any atom is -0.326 e. The molecule has 3 heterocycles. The van der Waals surface area contributed by atoms with Crippen molar-refractivity contribution < 1.29 is 12.6 Å². The quantitative estimate of drug-likeness (QED) is 0.466. The van der Waals surface area contributed by atoms with Crippen molar-refractivity contribution in [3.63, 3.8) is 0 Å². The summed E-state index contributed by atoms with van der Waals surface area (Å²) in [6, 6.07) is 4.91. The highest BCUT2D eigenvalue weighted by Crippen LogP contribution is 2.35. The van der Waals surface area contributed by atoms with E-state index in [1.165, 1.54) is 6.26 Å². The summed E-state index contributed by atoms with van der Waals surface area (Å²) in [7, 11) is -2.74. The molecule has 31 heavy (non-hydrogen) atoms. The third-order valence-corrected chi connectivity index (χ3v) is 8.64. The zero-order chi connectivity index (χ0) is 22.8. The maximum absolute atomic E-state index is 13.2. The van der Waals surface area contributed by atoms with Crippen LogP contribution < -0.4 is 0 Å². The van der Waals surface area contributed by atoms with E-state index >= 15 is 0 Å². The van der Waals surface area contributed by atoms with E-state index < -0.39 is 20.6 Å². The van der Waals surface area contributed by atoms with E-state index in [2.05, 4.69) is 13.8 Å². The number of imidazole rings is 1. The number of hydrogen-bond acceptors (Lipinski definition) is 5. The highest BCUT2D eigenvalue weighted by molar-refractivity contribution is 7.90. The summed E-state index contributed by atoms with van der Waals surface area (Å²) in [5.74, 6) is 1.03. The number of pyridine rings is 1. The number of rotatable bonds is 4. The lowest BCUT2D eigenvalue weighted by atomic mass is 10.0. The zero-order valence-corrected chi connectivity index (χ0v) is 20.4. The number of sulfone groups is 1. The highest BCUT2D eigenvalue weighted by Gasteiger charge is 2.26. The van der Waals surface area contributed by atoms with Crippen molar-refractivity contribution in [1.29, 1.82) is 0 Å². The normalized spacial score (nSPS) is 13.4. The van der Waals surface area contributed by atoms with E-state index in [1.54, 1.807) is 18.2 Å². The Morgan fingerprint density at radius 3 is 2.35 bits per heavy atom. The third kappa shape index (κ3) is 3.22. The summed E-state index contributed by atoms with van der Waals surface area (Å²) >= 11 is 0. The first-order valence-corrected chi connectivity index (χ1v) is 13.2. The van der Waals surface area contributed by atoms with Crippen molar-refractivity contribution in [3.05, 3.63) is 40.6 Å². The van der Waals surface area contributed by atoms with Gasteiger partial charge in [0.05, 0.1) is 37.1 Å². The largest absolute Gasteiger partial charge is 0.326 e. The summed E-state index contributed by atoms with van der Waals surface area (Å²) in [6.07, 6.45) is 1.18. The first-order chi connectivity index (χ1) is 14.5. The van der Waals surface area contributed by atoms with Gasteiger partial charge in [0.2, 0.25) is 0 Å². The molecule has 0 aliphatic carbocycles. The van der Waals surface area contributed by atoms with E-state index in [0.717, 1.165) is 33.4 Å². The Morgan fingerprint density at radius 2 is 1.74 bits per heavy atom. The van der Waals surface area contributed by atoms with E-state index in [0.29, 0.717) is 27.7 Å². The lowest BCUT2D eigenvalue weighted by Gasteiger charge is -2.12. The zero-order valence-electron chi connectivity index (χ0n) is 18.8. The average Bonchev–Trinajstić information content (AvgIpc) is 3.27. The minimum atomic E-state index is -3.35. The SMILES string of the molecule is CCS(=O)c1c(-c2nc3cc(S(C)(=O)=O)ccc3n2C)nn2c(C)c(C)c(C)c(C)c12. The smallest absolute Gasteiger partial charge is 0.175 e. The van der Waals surface area contributed by atoms with Gasteiger partial charge in [-0.05, 0) is 62.6 Å². The van der Waals surface area contributed by atoms with Crippen molar-refractivity contribution in [1.82, 2.24) is 19.2 Å². The second-order valence-corrected chi connectivity index (χ2v) is 11.6. The fourth-order valence-electron chi connectivity index (χ4n) is 3.99. The van der Waals surface area contributed by atoms with Crippen LogP contribution in [0.5, 0.6) is 0 Å². The second kappa shape index (κ2) is 7.27. The molecule has 0 bridgehead atoms. The van der Waals surface area contributed by atoms with Crippen LogP contribution in [0.2, 0.25) is 0 Å². The summed E-state index contributed by atoms with van der Waals surface area (Å²) in [4.78, 5) is 5.61. The lowest BCUT2D eigenvalue weighted by molar-refractivity contribution is 0.602. The van der Waals surface area contributed by atoms with Crippen LogP contribution in [0.25, 0.3) is 28.1 Å². The number of fused-ring (bicyclic) bond motifs is 2. The van der Waals surface area contributed by atoms with Crippen molar-refractivity contribution in [3.8, 4) is 11.5 Å². The molecule has 1 unspecified atom stereocenters. The topological polar surface area (TPSA) is 86.3 Å². The van der Waals surface area contributed by atoms with Crippen molar-refractivity contribution in [2.75, 3.05) is 12.0 Å². The van der Waals surface area contributed by atoms with E-state index in [4.69, 9.17) is 10.1 Å². The van der Waals surface area contributed by atoms with Crippen LogP contribution >= 0.6 is 0 Å². The number of benzene rings is 1. The first kappa shape index (κ1) is 21.7. The van der Waals surface area contributed by atoms with Gasteiger partial charge >= 0.3 is 0 Å². The number of aromatic nitrogens is 4. The van der Waals surface area contributed by atoms with Gasteiger partial charge in [0.25, 0.3) is 0 Å². The van der Waals surface area contributed by atoms with Crippen LogP contribution in [0, 0.1) is 27.7 Å². The Hall–Kier alpha value is -2.52. The fourth-order valence-corrected chi connectivity index (χ4v) is 5.73. The summed E-state index contributed by atoms with van der Waals surface area (Å²) in [5, 5.41) is 4.86. The van der Waals surface area contributed by atoms with Crippen LogP contribution in [0.4, 0.5) is 0 Å². The fraction of sp³-hybridized carbons (Fsp3) is 0.364. The molecule has 0 saturated heterocycles. The van der Waals surface area contributed by atoms with Gasteiger partial charge in [-0.2, -0.15) is 5.10 Å². The van der Waals surface area contributed by atoms with Crippen LogP contribution in [0.1, 0.15) is 29.3 Å². The molecule has 4 aromatic rings. The Bertz CT molecular complexity index is 1510. The third-order valence-electron chi connectivity index (χ3n) is 6.16. The molecule has 0 fully saturated rings. The maximum atomic E-state index is 13.2. The average molecular weight is 459 g/mol.